The zero-order chi connectivity index (χ0) is 9.30. The van der Waals surface area contributed by atoms with E-state index in [-0.39, 0.29) is 12.5 Å². The first-order valence-electron chi connectivity index (χ1n) is 3.88. The van der Waals surface area contributed by atoms with E-state index < -0.39 is 24.6 Å². The first-order chi connectivity index (χ1) is 5.57. The molecule has 0 aromatic carbocycles. The summed E-state index contributed by atoms with van der Waals surface area (Å²) in [5.41, 5.74) is 0. The average Bonchev–Trinajstić information content (AvgIpc) is 2.08. The Labute approximate surface area is 70.2 Å². The zero-order valence-corrected chi connectivity index (χ0v) is 6.79. The van der Waals surface area contributed by atoms with Gasteiger partial charge < -0.3 is 25.2 Å². The van der Waals surface area contributed by atoms with Gasteiger partial charge in [-0.25, -0.2) is 0 Å². The van der Waals surface area contributed by atoms with E-state index in [1.165, 1.54) is 0 Å². The number of hydrogen-bond donors (Lipinski definition) is 4. The minimum absolute atomic E-state index is 0.276. The second-order valence-corrected chi connectivity index (χ2v) is 3.09. The molecule has 5 heteroatoms. The molecule has 0 bridgehead atoms. The number of hydrogen-bond acceptors (Lipinski definition) is 5. The van der Waals surface area contributed by atoms with Crippen molar-refractivity contribution in [3.05, 3.63) is 0 Å². The average molecular weight is 178 g/mol. The molecule has 72 valence electrons. The van der Waals surface area contributed by atoms with Crippen molar-refractivity contribution in [2.24, 2.45) is 5.92 Å². The number of ether oxygens (including phenoxy) is 1. The Kier molecular flexibility index (Phi) is 3.03. The van der Waals surface area contributed by atoms with E-state index in [2.05, 4.69) is 0 Å². The van der Waals surface area contributed by atoms with Crippen molar-refractivity contribution >= 4 is 0 Å². The van der Waals surface area contributed by atoms with Crippen LogP contribution in [-0.2, 0) is 4.74 Å². The Morgan fingerprint density at radius 2 is 1.75 bits per heavy atom. The van der Waals surface area contributed by atoms with Gasteiger partial charge in [0.2, 0.25) is 0 Å². The van der Waals surface area contributed by atoms with Gasteiger partial charge in [-0.05, 0) is 0 Å². The molecule has 1 fully saturated rings. The second kappa shape index (κ2) is 3.68. The van der Waals surface area contributed by atoms with Crippen LogP contribution in [0.2, 0.25) is 0 Å². The second-order valence-electron chi connectivity index (χ2n) is 3.09. The maximum absolute atomic E-state index is 9.32. The Morgan fingerprint density at radius 3 is 2.25 bits per heavy atom. The van der Waals surface area contributed by atoms with Crippen LogP contribution in [0.5, 0.6) is 0 Å². The van der Waals surface area contributed by atoms with Crippen molar-refractivity contribution in [1.29, 1.82) is 0 Å². The summed E-state index contributed by atoms with van der Waals surface area (Å²) in [7, 11) is 0. The van der Waals surface area contributed by atoms with Gasteiger partial charge in [-0.2, -0.15) is 0 Å². The van der Waals surface area contributed by atoms with Gasteiger partial charge in [0.25, 0.3) is 0 Å². The van der Waals surface area contributed by atoms with E-state index in [0.717, 1.165) is 0 Å². The lowest BCUT2D eigenvalue weighted by Gasteiger charge is -2.38. The highest BCUT2D eigenvalue weighted by molar-refractivity contribution is 4.85. The van der Waals surface area contributed by atoms with Gasteiger partial charge in [0.05, 0.1) is 18.8 Å². The van der Waals surface area contributed by atoms with Crippen molar-refractivity contribution < 1.29 is 25.2 Å². The monoisotopic (exact) mass is 178 g/mol. The highest BCUT2D eigenvalue weighted by atomic mass is 16.6. The fourth-order valence-corrected chi connectivity index (χ4v) is 1.29. The maximum atomic E-state index is 9.32. The quantitative estimate of drug-likeness (QED) is 0.375. The first kappa shape index (κ1) is 9.88. The summed E-state index contributed by atoms with van der Waals surface area (Å²) < 4.78 is 4.83. The fraction of sp³-hybridized carbons (Fsp3) is 1.00. The molecule has 0 aromatic heterocycles. The summed E-state index contributed by atoms with van der Waals surface area (Å²) in [5.74, 6) is -0.381. The lowest BCUT2D eigenvalue weighted by molar-refractivity contribution is -0.271. The van der Waals surface area contributed by atoms with Gasteiger partial charge in [0.15, 0.2) is 6.29 Å². The first-order valence-corrected chi connectivity index (χ1v) is 3.88. The zero-order valence-electron chi connectivity index (χ0n) is 6.79. The molecular weight excluding hydrogens is 164 g/mol. The van der Waals surface area contributed by atoms with Crippen LogP contribution < -0.4 is 0 Å². The van der Waals surface area contributed by atoms with Gasteiger partial charge in [0.1, 0.15) is 6.10 Å². The van der Waals surface area contributed by atoms with Crippen LogP contribution in [0.3, 0.4) is 0 Å². The molecule has 5 atom stereocenters. The lowest BCUT2D eigenvalue weighted by Crippen LogP contribution is -2.54. The topological polar surface area (TPSA) is 90.2 Å². The van der Waals surface area contributed by atoms with Gasteiger partial charge in [-0.3, -0.25) is 0 Å². The molecule has 0 saturated carbocycles. The van der Waals surface area contributed by atoms with Crippen molar-refractivity contribution in [3.8, 4) is 0 Å². The Hall–Kier alpha value is -0.200. The van der Waals surface area contributed by atoms with Crippen molar-refractivity contribution in [3.63, 3.8) is 0 Å². The minimum Gasteiger partial charge on any atom is -0.394 e. The van der Waals surface area contributed by atoms with Crippen LogP contribution in [-0.4, -0.2) is 51.6 Å². The molecule has 4 N–H and O–H groups in total. The van der Waals surface area contributed by atoms with Gasteiger partial charge in [0, 0.05) is 5.92 Å². The van der Waals surface area contributed by atoms with Crippen molar-refractivity contribution in [1.82, 2.24) is 0 Å². The molecule has 0 spiro atoms. The summed E-state index contributed by atoms with van der Waals surface area (Å²) in [4.78, 5) is 0. The van der Waals surface area contributed by atoms with E-state index in [9.17, 15) is 5.11 Å². The molecule has 0 aromatic rings. The predicted octanol–water partition coefficient (Wildman–Crippen LogP) is -1.95. The summed E-state index contributed by atoms with van der Waals surface area (Å²) in [6, 6.07) is 0. The molecule has 0 radical (unpaired) electrons. The third-order valence-electron chi connectivity index (χ3n) is 2.26. The van der Waals surface area contributed by atoms with Gasteiger partial charge in [-0.15, -0.1) is 0 Å². The molecule has 5 nitrogen and oxygen atoms in total. The van der Waals surface area contributed by atoms with Crippen LogP contribution in [0, 0.1) is 5.92 Å². The van der Waals surface area contributed by atoms with Gasteiger partial charge >= 0.3 is 0 Å². The summed E-state index contributed by atoms with van der Waals surface area (Å²) in [6.07, 6.45) is -4.36. The summed E-state index contributed by atoms with van der Waals surface area (Å²) >= 11 is 0. The molecule has 1 saturated heterocycles. The third-order valence-corrected chi connectivity index (χ3v) is 2.26. The van der Waals surface area contributed by atoms with E-state index in [0.29, 0.717) is 0 Å². The van der Waals surface area contributed by atoms with E-state index in [1.54, 1.807) is 6.92 Å². The molecular formula is C7H14O5. The third kappa shape index (κ3) is 1.60. The minimum atomic E-state index is -1.41. The van der Waals surface area contributed by atoms with E-state index in [4.69, 9.17) is 20.1 Å². The highest BCUT2D eigenvalue weighted by Crippen LogP contribution is 2.24. The summed E-state index contributed by atoms with van der Waals surface area (Å²) in [5, 5.41) is 36.2. The molecule has 12 heavy (non-hydrogen) atoms. The number of aliphatic hydroxyl groups excluding tert-OH is 4. The Balaban J connectivity index is 2.63. The molecule has 3 unspecified atom stereocenters. The molecule has 1 aliphatic rings. The molecule has 1 heterocycles. The Bertz CT molecular complexity index is 146. The predicted molar refractivity (Wildman–Crippen MR) is 39.1 cm³/mol. The number of aliphatic hydroxyl groups is 4. The smallest absolute Gasteiger partial charge is 0.183 e. The van der Waals surface area contributed by atoms with Crippen LogP contribution in [0.25, 0.3) is 0 Å². The van der Waals surface area contributed by atoms with E-state index in [1.807, 2.05) is 0 Å². The molecule has 0 aliphatic carbocycles. The van der Waals surface area contributed by atoms with Crippen molar-refractivity contribution in [2.75, 3.05) is 6.61 Å². The largest absolute Gasteiger partial charge is 0.394 e. The fourth-order valence-electron chi connectivity index (χ4n) is 1.29. The van der Waals surface area contributed by atoms with Crippen LogP contribution in [0.15, 0.2) is 0 Å². The summed E-state index contributed by atoms with van der Waals surface area (Å²) in [6.45, 7) is 1.36. The maximum Gasteiger partial charge on any atom is 0.183 e. The SMILES string of the molecule is CC1C(CO)O[C@@H](O)C(O)[C@@H]1O. The van der Waals surface area contributed by atoms with Crippen LogP contribution in [0.1, 0.15) is 6.92 Å². The number of rotatable bonds is 1. The van der Waals surface area contributed by atoms with E-state index >= 15 is 0 Å². The van der Waals surface area contributed by atoms with Crippen LogP contribution in [0.4, 0.5) is 0 Å². The normalized spacial score (nSPS) is 49.2. The van der Waals surface area contributed by atoms with Crippen molar-refractivity contribution in [2.45, 2.75) is 31.5 Å². The van der Waals surface area contributed by atoms with Gasteiger partial charge in [-0.1, -0.05) is 6.92 Å². The molecule has 1 rings (SSSR count). The lowest BCUT2D eigenvalue weighted by atomic mass is 9.91. The highest BCUT2D eigenvalue weighted by Gasteiger charge is 2.40. The molecule has 1 aliphatic heterocycles. The molecule has 0 amide bonds. The standard InChI is InChI=1S/C7H14O5/c1-3-4(2-8)12-7(11)6(10)5(3)9/h3-11H,2H2,1H3/t3?,4?,5-,6?,7-/m1/s1. The Morgan fingerprint density at radius 1 is 1.17 bits per heavy atom. The van der Waals surface area contributed by atoms with Crippen LogP contribution >= 0.6 is 0 Å².